The Morgan fingerprint density at radius 1 is 1.20 bits per heavy atom. The van der Waals surface area contributed by atoms with Gasteiger partial charge in [-0.3, -0.25) is 9.79 Å². The SMILES string of the molecule is O=C1c2ccccc2NC(=NCc2ccc(Cl)c(Cl)c2)C2CSCN12. The molecule has 2 aromatic rings. The average molecular weight is 392 g/mol. The van der Waals surface area contributed by atoms with E-state index in [1.807, 2.05) is 41.3 Å². The number of carbonyl (C=O) groups excluding carboxylic acids is 1. The van der Waals surface area contributed by atoms with Crippen molar-refractivity contribution in [2.75, 3.05) is 16.9 Å². The fourth-order valence-corrected chi connectivity index (χ4v) is 4.46. The number of carbonyl (C=O) groups is 1. The number of benzene rings is 2. The highest BCUT2D eigenvalue weighted by Gasteiger charge is 2.37. The molecule has 1 amide bonds. The summed E-state index contributed by atoms with van der Waals surface area (Å²) in [6, 6.07) is 13.0. The van der Waals surface area contributed by atoms with Crippen molar-refractivity contribution < 1.29 is 4.79 Å². The Balaban J connectivity index is 1.68. The number of fused-ring (bicyclic) bond motifs is 2. The lowest BCUT2D eigenvalue weighted by atomic mass is 10.1. The van der Waals surface area contributed by atoms with Crippen LogP contribution >= 0.6 is 35.0 Å². The molecule has 1 atom stereocenters. The van der Waals surface area contributed by atoms with Crippen LogP contribution in [-0.4, -0.2) is 34.3 Å². The van der Waals surface area contributed by atoms with E-state index in [0.717, 1.165) is 22.8 Å². The third kappa shape index (κ3) is 3.24. The Hall–Kier alpha value is -1.69. The van der Waals surface area contributed by atoms with Crippen LogP contribution in [0.2, 0.25) is 10.0 Å². The molecule has 2 aliphatic heterocycles. The molecular weight excluding hydrogens is 377 g/mol. The van der Waals surface area contributed by atoms with Gasteiger partial charge in [-0.1, -0.05) is 41.4 Å². The van der Waals surface area contributed by atoms with Crippen LogP contribution in [0.25, 0.3) is 0 Å². The van der Waals surface area contributed by atoms with Gasteiger partial charge < -0.3 is 10.2 Å². The van der Waals surface area contributed by atoms with E-state index in [2.05, 4.69) is 5.32 Å². The summed E-state index contributed by atoms with van der Waals surface area (Å²) >= 11 is 13.8. The van der Waals surface area contributed by atoms with E-state index >= 15 is 0 Å². The van der Waals surface area contributed by atoms with Crippen LogP contribution < -0.4 is 5.32 Å². The van der Waals surface area contributed by atoms with Gasteiger partial charge >= 0.3 is 0 Å². The Bertz CT molecular complexity index is 871. The quantitative estimate of drug-likeness (QED) is 0.817. The third-order valence-electron chi connectivity index (χ3n) is 4.30. The number of anilines is 1. The first-order valence-corrected chi connectivity index (χ1v) is 9.77. The summed E-state index contributed by atoms with van der Waals surface area (Å²) in [5.74, 6) is 2.39. The lowest BCUT2D eigenvalue weighted by molar-refractivity contribution is 0.0783. The van der Waals surface area contributed by atoms with Crippen LogP contribution in [0.4, 0.5) is 5.69 Å². The lowest BCUT2D eigenvalue weighted by Gasteiger charge is -2.21. The minimum absolute atomic E-state index is 0.0346. The van der Waals surface area contributed by atoms with Gasteiger partial charge in [0.2, 0.25) is 0 Å². The van der Waals surface area contributed by atoms with Gasteiger partial charge in [-0.05, 0) is 29.8 Å². The van der Waals surface area contributed by atoms with Gasteiger partial charge in [-0.15, -0.1) is 11.8 Å². The highest BCUT2D eigenvalue weighted by atomic mass is 35.5. The minimum atomic E-state index is -0.0346. The van der Waals surface area contributed by atoms with Gasteiger partial charge in [0.05, 0.1) is 39.8 Å². The van der Waals surface area contributed by atoms with E-state index in [9.17, 15) is 4.79 Å². The molecule has 0 spiro atoms. The Morgan fingerprint density at radius 3 is 2.88 bits per heavy atom. The molecule has 7 heteroatoms. The summed E-state index contributed by atoms with van der Waals surface area (Å²) in [4.78, 5) is 19.4. The molecule has 4 nitrogen and oxygen atoms in total. The molecule has 4 rings (SSSR count). The summed E-state index contributed by atoms with van der Waals surface area (Å²) in [6.45, 7) is 0.477. The van der Waals surface area contributed by atoms with Crippen molar-refractivity contribution in [1.29, 1.82) is 0 Å². The standard InChI is InChI=1S/C18H15Cl2N3OS/c19-13-6-5-11(7-14(13)20)8-21-17-16-9-25-10-23(16)18(24)12-3-1-2-4-15(12)22-17/h1-7,16H,8-10H2,(H,21,22). The van der Waals surface area contributed by atoms with E-state index in [4.69, 9.17) is 28.2 Å². The second-order valence-corrected chi connectivity index (χ2v) is 7.73. The van der Waals surface area contributed by atoms with Crippen molar-refractivity contribution >= 4 is 52.4 Å². The van der Waals surface area contributed by atoms with Gasteiger partial charge in [-0.2, -0.15) is 0 Å². The largest absolute Gasteiger partial charge is 0.342 e. The summed E-state index contributed by atoms with van der Waals surface area (Å²) in [7, 11) is 0. The number of thioether (sulfide) groups is 1. The fraction of sp³-hybridized carbons (Fsp3) is 0.222. The van der Waals surface area contributed by atoms with Crippen LogP contribution in [0.3, 0.4) is 0 Å². The van der Waals surface area contributed by atoms with Gasteiger partial charge in [0.15, 0.2) is 0 Å². The van der Waals surface area contributed by atoms with Crippen LogP contribution in [0.15, 0.2) is 47.5 Å². The maximum atomic E-state index is 12.8. The zero-order valence-electron chi connectivity index (χ0n) is 13.2. The number of aliphatic imine (C=N–C) groups is 1. The van der Waals surface area contributed by atoms with Crippen molar-refractivity contribution in [3.05, 3.63) is 63.6 Å². The molecule has 0 aliphatic carbocycles. The molecule has 1 N–H and O–H groups in total. The average Bonchev–Trinajstić information content (AvgIpc) is 3.07. The van der Waals surface area contributed by atoms with Crippen LogP contribution in [-0.2, 0) is 6.54 Å². The maximum Gasteiger partial charge on any atom is 0.257 e. The molecule has 1 saturated heterocycles. The molecule has 25 heavy (non-hydrogen) atoms. The third-order valence-corrected chi connectivity index (χ3v) is 6.05. The second-order valence-electron chi connectivity index (χ2n) is 5.91. The number of nitrogens with one attached hydrogen (secondary N) is 1. The predicted molar refractivity (Wildman–Crippen MR) is 105 cm³/mol. The topological polar surface area (TPSA) is 44.7 Å². The zero-order valence-corrected chi connectivity index (χ0v) is 15.5. The van der Waals surface area contributed by atoms with Crippen LogP contribution in [0, 0.1) is 0 Å². The number of nitrogens with zero attached hydrogens (tertiary/aromatic N) is 2. The first kappa shape index (κ1) is 16.8. The molecule has 0 radical (unpaired) electrons. The number of rotatable bonds is 2. The molecule has 2 aliphatic rings. The number of amidine groups is 1. The first-order valence-electron chi connectivity index (χ1n) is 7.86. The van der Waals surface area contributed by atoms with Crippen molar-refractivity contribution in [3.63, 3.8) is 0 Å². The van der Waals surface area contributed by atoms with Crippen molar-refractivity contribution in [3.8, 4) is 0 Å². The van der Waals surface area contributed by atoms with E-state index in [0.29, 0.717) is 28.0 Å². The Labute approximate surface area is 160 Å². The minimum Gasteiger partial charge on any atom is -0.342 e. The van der Waals surface area contributed by atoms with Gasteiger partial charge in [0, 0.05) is 5.75 Å². The van der Waals surface area contributed by atoms with Gasteiger partial charge in [0.25, 0.3) is 5.91 Å². The Morgan fingerprint density at radius 2 is 2.04 bits per heavy atom. The first-order chi connectivity index (χ1) is 12.1. The number of hydrogen-bond donors (Lipinski definition) is 1. The molecule has 1 unspecified atom stereocenters. The van der Waals surface area contributed by atoms with E-state index in [1.165, 1.54) is 0 Å². The highest BCUT2D eigenvalue weighted by molar-refractivity contribution is 7.99. The number of hydrogen-bond acceptors (Lipinski definition) is 3. The van der Waals surface area contributed by atoms with Crippen molar-refractivity contribution in [2.45, 2.75) is 12.6 Å². The van der Waals surface area contributed by atoms with Crippen LogP contribution in [0.1, 0.15) is 15.9 Å². The molecule has 1 fully saturated rings. The van der Waals surface area contributed by atoms with E-state index < -0.39 is 0 Å². The Kier molecular flexibility index (Phi) is 4.63. The van der Waals surface area contributed by atoms with E-state index in [1.54, 1.807) is 17.8 Å². The summed E-state index contributed by atoms with van der Waals surface area (Å²) in [5, 5.41) is 4.42. The monoisotopic (exact) mass is 391 g/mol. The molecule has 0 saturated carbocycles. The maximum absolute atomic E-state index is 12.8. The highest BCUT2D eigenvalue weighted by Crippen LogP contribution is 2.31. The van der Waals surface area contributed by atoms with Crippen molar-refractivity contribution in [2.24, 2.45) is 4.99 Å². The second kappa shape index (κ2) is 6.90. The normalized spacial score (nSPS) is 20.9. The van der Waals surface area contributed by atoms with Crippen LogP contribution in [0.5, 0.6) is 0 Å². The fourth-order valence-electron chi connectivity index (χ4n) is 2.98. The zero-order chi connectivity index (χ0) is 17.4. The van der Waals surface area contributed by atoms with Gasteiger partial charge in [-0.25, -0.2) is 0 Å². The summed E-state index contributed by atoms with van der Waals surface area (Å²) < 4.78 is 0. The summed E-state index contributed by atoms with van der Waals surface area (Å²) in [6.07, 6.45) is 0. The van der Waals surface area contributed by atoms with Crippen molar-refractivity contribution in [1.82, 2.24) is 4.90 Å². The molecule has 128 valence electrons. The predicted octanol–water partition coefficient (Wildman–Crippen LogP) is 4.53. The number of amides is 1. The van der Waals surface area contributed by atoms with E-state index in [-0.39, 0.29) is 11.9 Å². The molecule has 2 aromatic carbocycles. The van der Waals surface area contributed by atoms with Gasteiger partial charge in [0.1, 0.15) is 5.84 Å². The lowest BCUT2D eigenvalue weighted by Crippen LogP contribution is -2.42. The number of para-hydroxylation sites is 1. The molecular formula is C18H15Cl2N3OS. The smallest absolute Gasteiger partial charge is 0.257 e. The summed E-state index contributed by atoms with van der Waals surface area (Å²) in [5.41, 5.74) is 2.47. The molecule has 0 aromatic heterocycles. The molecule has 0 bridgehead atoms. The molecule has 2 heterocycles. The number of halogens is 2.